The SMILES string of the molecule is NC1=C(/C=C(\N)c2ccccc2O)N2CCN(C3CCN(CCCc4ccc5c(c4)c4cccnc4n5C4CCC(=O)NC4=O)CC3)CC2CN1. The lowest BCUT2D eigenvalue weighted by molar-refractivity contribution is -0.135. The number of aryl methyl sites for hydroxylation is 1. The Bertz CT molecular complexity index is 2030. The summed E-state index contributed by atoms with van der Waals surface area (Å²) in [6.07, 6.45) is 8.88. The van der Waals surface area contributed by atoms with E-state index in [9.17, 15) is 14.7 Å². The van der Waals surface area contributed by atoms with Gasteiger partial charge in [-0.1, -0.05) is 18.2 Å². The number of fused-ring (bicyclic) bond motifs is 4. The van der Waals surface area contributed by atoms with Gasteiger partial charge in [0.2, 0.25) is 11.8 Å². The summed E-state index contributed by atoms with van der Waals surface area (Å²) in [5.41, 5.74) is 17.9. The van der Waals surface area contributed by atoms with Gasteiger partial charge in [-0.05, 0) is 99.8 Å². The zero-order valence-corrected chi connectivity index (χ0v) is 28.9. The molecule has 0 saturated carbocycles. The van der Waals surface area contributed by atoms with Crippen molar-refractivity contribution in [3.8, 4) is 5.75 Å². The van der Waals surface area contributed by atoms with Crippen LogP contribution in [0.15, 0.2) is 78.4 Å². The topological polar surface area (TPSA) is 158 Å². The van der Waals surface area contributed by atoms with Crippen molar-refractivity contribution in [3.05, 3.63) is 89.5 Å². The van der Waals surface area contributed by atoms with Crippen molar-refractivity contribution in [2.45, 2.75) is 56.7 Å². The van der Waals surface area contributed by atoms with E-state index >= 15 is 0 Å². The Kier molecular flexibility index (Phi) is 9.03. The molecule has 51 heavy (non-hydrogen) atoms. The van der Waals surface area contributed by atoms with E-state index in [1.165, 1.54) is 18.4 Å². The Hall–Kier alpha value is -5.07. The maximum absolute atomic E-state index is 12.8. The van der Waals surface area contributed by atoms with Crippen LogP contribution in [0, 0.1) is 0 Å². The Balaban J connectivity index is 0.853. The van der Waals surface area contributed by atoms with Gasteiger partial charge in [-0.3, -0.25) is 19.8 Å². The first kappa shape index (κ1) is 33.1. The first-order chi connectivity index (χ1) is 24.8. The van der Waals surface area contributed by atoms with Gasteiger partial charge >= 0.3 is 0 Å². The molecule has 0 radical (unpaired) electrons. The number of likely N-dealkylation sites (tertiary alicyclic amines) is 1. The molecule has 2 atom stereocenters. The number of aromatic nitrogens is 2. The highest BCUT2D eigenvalue weighted by Gasteiger charge is 2.36. The molecule has 4 aromatic rings. The predicted octanol–water partition coefficient (Wildman–Crippen LogP) is 2.99. The normalized spacial score (nSPS) is 22.7. The molecule has 2 aromatic carbocycles. The quantitative estimate of drug-likeness (QED) is 0.174. The van der Waals surface area contributed by atoms with Crippen molar-refractivity contribution in [2.75, 3.05) is 45.8 Å². The van der Waals surface area contributed by atoms with Gasteiger partial charge in [-0.15, -0.1) is 0 Å². The second kappa shape index (κ2) is 13.9. The molecule has 0 bridgehead atoms. The lowest BCUT2D eigenvalue weighted by Gasteiger charge is -2.49. The number of phenolic OH excluding ortho intramolecular Hbond substituents is 1. The van der Waals surface area contributed by atoms with Crippen LogP contribution in [0.4, 0.5) is 0 Å². The molecule has 3 fully saturated rings. The molecule has 4 aliphatic heterocycles. The third kappa shape index (κ3) is 6.49. The number of piperidine rings is 2. The highest BCUT2D eigenvalue weighted by Crippen LogP contribution is 2.34. The van der Waals surface area contributed by atoms with Gasteiger partial charge in [0.1, 0.15) is 23.3 Å². The highest BCUT2D eigenvalue weighted by atomic mass is 16.3. The molecule has 0 spiro atoms. The highest BCUT2D eigenvalue weighted by molar-refractivity contribution is 6.09. The van der Waals surface area contributed by atoms with Gasteiger partial charge in [0.15, 0.2) is 0 Å². The van der Waals surface area contributed by atoms with Crippen LogP contribution in [0.25, 0.3) is 27.6 Å². The average molecular weight is 690 g/mol. The van der Waals surface area contributed by atoms with Gasteiger partial charge in [0, 0.05) is 66.9 Å². The van der Waals surface area contributed by atoms with E-state index in [4.69, 9.17) is 11.5 Å². The van der Waals surface area contributed by atoms with Gasteiger partial charge < -0.3 is 36.3 Å². The number of rotatable bonds is 8. The summed E-state index contributed by atoms with van der Waals surface area (Å²) in [5, 5.41) is 18.3. The molecule has 0 aliphatic carbocycles. The maximum Gasteiger partial charge on any atom is 0.249 e. The van der Waals surface area contributed by atoms with E-state index in [0.717, 1.165) is 86.3 Å². The summed E-state index contributed by atoms with van der Waals surface area (Å²) >= 11 is 0. The lowest BCUT2D eigenvalue weighted by Crippen LogP contribution is -2.61. The van der Waals surface area contributed by atoms with E-state index in [2.05, 4.69) is 54.6 Å². The molecule has 2 unspecified atom stereocenters. The number of nitrogens with two attached hydrogens (primary N) is 2. The van der Waals surface area contributed by atoms with Crippen LogP contribution in [-0.4, -0.2) is 99.1 Å². The molecule has 2 amide bonds. The number of phenols is 1. The Morgan fingerprint density at radius 1 is 0.980 bits per heavy atom. The van der Waals surface area contributed by atoms with Crippen molar-refractivity contribution >= 4 is 39.4 Å². The number of para-hydroxylation sites is 1. The van der Waals surface area contributed by atoms with Gasteiger partial charge in [0.05, 0.1) is 17.3 Å². The number of carbonyl (C=O) groups excluding carboxylic acids is 2. The number of piperazine rings is 1. The lowest BCUT2D eigenvalue weighted by atomic mass is 9.98. The first-order valence-corrected chi connectivity index (χ1v) is 18.3. The number of benzene rings is 2. The Morgan fingerprint density at radius 3 is 2.65 bits per heavy atom. The number of amides is 2. The molecule has 8 rings (SSSR count). The molecule has 7 N–H and O–H groups in total. The van der Waals surface area contributed by atoms with Crippen molar-refractivity contribution in [1.82, 2.24) is 34.9 Å². The third-order valence-corrected chi connectivity index (χ3v) is 11.3. The summed E-state index contributed by atoms with van der Waals surface area (Å²) in [4.78, 5) is 36.9. The number of nitrogens with zero attached hydrogens (tertiary/aromatic N) is 5. The summed E-state index contributed by atoms with van der Waals surface area (Å²) in [5.74, 6) is 0.321. The van der Waals surface area contributed by atoms with Crippen LogP contribution in [0.2, 0.25) is 0 Å². The van der Waals surface area contributed by atoms with Crippen LogP contribution >= 0.6 is 0 Å². The number of hydrogen-bond acceptors (Lipinski definition) is 10. The minimum atomic E-state index is -0.444. The van der Waals surface area contributed by atoms with Gasteiger partial charge in [-0.2, -0.15) is 0 Å². The van der Waals surface area contributed by atoms with Gasteiger partial charge in [-0.25, -0.2) is 4.98 Å². The second-order valence-electron chi connectivity index (χ2n) is 14.4. The predicted molar refractivity (Wildman–Crippen MR) is 198 cm³/mol. The number of carbonyl (C=O) groups is 2. The summed E-state index contributed by atoms with van der Waals surface area (Å²) < 4.78 is 2.02. The van der Waals surface area contributed by atoms with Crippen molar-refractivity contribution < 1.29 is 14.7 Å². The minimum Gasteiger partial charge on any atom is -0.507 e. The molecule has 3 saturated heterocycles. The average Bonchev–Trinajstić information content (AvgIpc) is 3.46. The number of nitrogens with one attached hydrogen (secondary N) is 2. The molecule has 12 heteroatoms. The molecule has 4 aliphatic rings. The van der Waals surface area contributed by atoms with Crippen LogP contribution in [0.3, 0.4) is 0 Å². The van der Waals surface area contributed by atoms with Crippen LogP contribution in [0.5, 0.6) is 5.75 Å². The van der Waals surface area contributed by atoms with Crippen molar-refractivity contribution in [2.24, 2.45) is 11.5 Å². The number of aromatic hydroxyl groups is 1. The fraction of sp³-hybridized carbons (Fsp3) is 0.410. The third-order valence-electron chi connectivity index (χ3n) is 11.3. The molecule has 266 valence electrons. The minimum absolute atomic E-state index is 0.161. The van der Waals surface area contributed by atoms with Crippen molar-refractivity contribution in [1.29, 1.82) is 0 Å². The maximum atomic E-state index is 12.8. The van der Waals surface area contributed by atoms with Crippen LogP contribution < -0.4 is 22.1 Å². The fourth-order valence-corrected chi connectivity index (χ4v) is 8.62. The van der Waals surface area contributed by atoms with E-state index in [1.807, 2.05) is 28.8 Å². The largest absolute Gasteiger partial charge is 0.507 e. The Labute approximate surface area is 297 Å². The summed E-state index contributed by atoms with van der Waals surface area (Å²) in [6, 6.07) is 18.1. The number of imide groups is 1. The monoisotopic (exact) mass is 689 g/mol. The fourth-order valence-electron chi connectivity index (χ4n) is 8.62. The summed E-state index contributed by atoms with van der Waals surface area (Å²) in [6.45, 7) is 6.94. The molecule has 12 nitrogen and oxygen atoms in total. The van der Waals surface area contributed by atoms with E-state index in [0.29, 0.717) is 42.0 Å². The van der Waals surface area contributed by atoms with Gasteiger partial charge in [0.25, 0.3) is 0 Å². The second-order valence-corrected chi connectivity index (χ2v) is 14.4. The molecular weight excluding hydrogens is 642 g/mol. The summed E-state index contributed by atoms with van der Waals surface area (Å²) in [7, 11) is 0. The zero-order chi connectivity index (χ0) is 35.1. The van der Waals surface area contributed by atoms with Crippen molar-refractivity contribution in [3.63, 3.8) is 0 Å². The number of allylic oxidation sites excluding steroid dienone is 1. The van der Waals surface area contributed by atoms with E-state index < -0.39 is 6.04 Å². The molecule has 6 heterocycles. The number of pyridine rings is 1. The van der Waals surface area contributed by atoms with E-state index in [1.54, 1.807) is 18.3 Å². The smallest absolute Gasteiger partial charge is 0.249 e. The zero-order valence-electron chi connectivity index (χ0n) is 28.9. The Morgan fingerprint density at radius 2 is 1.82 bits per heavy atom. The number of hydrogen-bond donors (Lipinski definition) is 5. The molecule has 2 aromatic heterocycles. The van der Waals surface area contributed by atoms with Crippen LogP contribution in [-0.2, 0) is 16.0 Å². The molecular formula is C39H47N9O3. The standard InChI is InChI=1S/C39H47N9O3/c40-31(29-6-1-2-8-35(29)49)22-34-37(41)43-23-27-24-46(19-20-47(27)34)26-13-17-45(18-14-26)16-4-5-25-9-10-32-30(21-25)28-7-3-15-42-38(28)48(32)33-11-12-36(50)44-39(33)51/h1-3,6-10,15,21-22,26-27,33,43,49H,4-5,11-14,16-20,23-24,40-41H2,(H,44,50,51)/b31-22-. The van der Waals surface area contributed by atoms with E-state index in [-0.39, 0.29) is 17.6 Å². The first-order valence-electron chi connectivity index (χ1n) is 18.3. The van der Waals surface area contributed by atoms with Crippen LogP contribution in [0.1, 0.15) is 49.3 Å².